The molecule has 2 heterocycles. The summed E-state index contributed by atoms with van der Waals surface area (Å²) in [5.41, 5.74) is 11.9. The van der Waals surface area contributed by atoms with Crippen LogP contribution in [0.5, 0.6) is 0 Å². The third-order valence-electron chi connectivity index (χ3n) is 6.96. The molecule has 0 amide bonds. The lowest BCUT2D eigenvalue weighted by atomic mass is 10.0. The van der Waals surface area contributed by atoms with Gasteiger partial charge in [0.2, 0.25) is 0 Å². The van der Waals surface area contributed by atoms with Gasteiger partial charge in [0, 0.05) is 66.2 Å². The lowest BCUT2D eigenvalue weighted by molar-refractivity contribution is 0.0644. The van der Waals surface area contributed by atoms with Crippen molar-refractivity contribution in [2.45, 2.75) is 96.6 Å². The van der Waals surface area contributed by atoms with Gasteiger partial charge in [0.05, 0.1) is 6.10 Å². The number of hydrogen-bond acceptors (Lipinski definition) is 4. The molecule has 190 valence electrons. The Bertz CT molecular complexity index is 890. The summed E-state index contributed by atoms with van der Waals surface area (Å²) in [6.07, 6.45) is 8.58. The Balaban J connectivity index is 1.63. The average Bonchev–Trinajstić information content (AvgIpc) is 3.37. The summed E-state index contributed by atoms with van der Waals surface area (Å²) in [7, 11) is -2.24. The van der Waals surface area contributed by atoms with E-state index in [1.807, 2.05) is 12.4 Å². The van der Waals surface area contributed by atoms with Crippen molar-refractivity contribution in [1.29, 1.82) is 0 Å². The molecule has 0 bridgehead atoms. The summed E-state index contributed by atoms with van der Waals surface area (Å²) in [5.74, 6) is 1.07. The molecule has 1 fully saturated rings. The first-order chi connectivity index (χ1) is 15.9. The van der Waals surface area contributed by atoms with Crippen LogP contribution < -0.4 is 10.6 Å². The van der Waals surface area contributed by atoms with Crippen molar-refractivity contribution in [2.75, 3.05) is 30.3 Å². The fourth-order valence-electron chi connectivity index (χ4n) is 4.60. The van der Waals surface area contributed by atoms with Gasteiger partial charge in [0.15, 0.2) is 0 Å². The SMILES string of the molecule is Cc1nccn1CCCOC1CCN(c2cc(CC[Si](C)(C)C)c(N)c(CC[Si](C)(C)C)c2)C1. The van der Waals surface area contributed by atoms with E-state index in [4.69, 9.17) is 10.5 Å². The zero-order chi connectivity index (χ0) is 24.9. The van der Waals surface area contributed by atoms with E-state index in [0.717, 1.165) is 63.4 Å². The average molecular weight is 501 g/mol. The molecule has 2 N–H and O–H groups in total. The van der Waals surface area contributed by atoms with Gasteiger partial charge < -0.3 is 19.9 Å². The fraction of sp³-hybridized carbons (Fsp3) is 0.667. The van der Waals surface area contributed by atoms with Crippen molar-refractivity contribution < 1.29 is 4.74 Å². The number of nitrogens with zero attached hydrogens (tertiary/aromatic N) is 3. The Labute approximate surface area is 210 Å². The summed E-state index contributed by atoms with van der Waals surface area (Å²) in [6.45, 7) is 20.6. The lowest BCUT2D eigenvalue weighted by Gasteiger charge is -2.24. The van der Waals surface area contributed by atoms with Gasteiger partial charge in [-0.05, 0) is 55.9 Å². The molecular weight excluding hydrogens is 452 g/mol. The van der Waals surface area contributed by atoms with Gasteiger partial charge in [-0.3, -0.25) is 0 Å². The van der Waals surface area contributed by atoms with Gasteiger partial charge in [0.1, 0.15) is 5.82 Å². The Morgan fingerprint density at radius 2 is 1.65 bits per heavy atom. The molecule has 0 radical (unpaired) electrons. The number of aryl methyl sites for hydroxylation is 4. The van der Waals surface area contributed by atoms with E-state index < -0.39 is 16.1 Å². The summed E-state index contributed by atoms with van der Waals surface area (Å²) in [6, 6.07) is 7.35. The fourth-order valence-corrected chi connectivity index (χ4v) is 6.64. The molecule has 1 unspecified atom stereocenters. The minimum Gasteiger partial charge on any atom is -0.398 e. The summed E-state index contributed by atoms with van der Waals surface area (Å²) in [5, 5.41) is 0. The van der Waals surface area contributed by atoms with Crippen molar-refractivity contribution in [3.8, 4) is 0 Å². The van der Waals surface area contributed by atoms with Crippen LogP contribution in [-0.4, -0.2) is 51.5 Å². The maximum atomic E-state index is 6.75. The highest BCUT2D eigenvalue weighted by Crippen LogP contribution is 2.32. The van der Waals surface area contributed by atoms with Gasteiger partial charge in [-0.25, -0.2) is 4.98 Å². The third-order valence-corrected chi connectivity index (χ3v) is 10.5. The third kappa shape index (κ3) is 8.27. The van der Waals surface area contributed by atoms with Crippen molar-refractivity contribution in [1.82, 2.24) is 9.55 Å². The smallest absolute Gasteiger partial charge is 0.105 e. The first-order valence-electron chi connectivity index (χ1n) is 13.2. The molecule has 3 rings (SSSR count). The lowest BCUT2D eigenvalue weighted by Crippen LogP contribution is -2.25. The Kier molecular flexibility index (Phi) is 9.09. The summed E-state index contributed by atoms with van der Waals surface area (Å²) >= 11 is 0. The standard InChI is InChI=1S/C27H48N4OSi2/c1-22-29-12-15-30(22)13-8-16-32-26-9-14-31(21-26)25-19-23(10-17-33(2,3)4)27(28)24(20-25)11-18-34(5,6)7/h12,15,19-20,26H,8-11,13-14,16-18,21,28H2,1-7H3. The minimum absolute atomic E-state index is 0.317. The number of hydrogen-bond donors (Lipinski definition) is 1. The van der Waals surface area contributed by atoms with E-state index in [9.17, 15) is 0 Å². The van der Waals surface area contributed by atoms with Crippen molar-refractivity contribution in [3.05, 3.63) is 41.5 Å². The van der Waals surface area contributed by atoms with Crippen LogP contribution in [0, 0.1) is 6.92 Å². The molecule has 1 saturated heterocycles. The number of aromatic nitrogens is 2. The molecule has 7 heteroatoms. The van der Waals surface area contributed by atoms with E-state index in [1.165, 1.54) is 28.9 Å². The second kappa shape index (κ2) is 11.4. The molecule has 34 heavy (non-hydrogen) atoms. The normalized spacial score (nSPS) is 17.0. The van der Waals surface area contributed by atoms with Gasteiger partial charge in [-0.2, -0.15) is 0 Å². The van der Waals surface area contributed by atoms with Gasteiger partial charge >= 0.3 is 0 Å². The number of nitrogen functional groups attached to an aromatic ring is 1. The first-order valence-corrected chi connectivity index (χ1v) is 20.6. The van der Waals surface area contributed by atoms with E-state index >= 15 is 0 Å². The Hall–Kier alpha value is -1.58. The highest BCUT2D eigenvalue weighted by atomic mass is 28.3. The molecule has 2 aromatic rings. The second-order valence-corrected chi connectivity index (χ2v) is 23.8. The number of ether oxygens (including phenoxy) is 1. The van der Waals surface area contributed by atoms with Gasteiger partial charge in [0.25, 0.3) is 0 Å². The number of nitrogens with two attached hydrogens (primary N) is 1. The molecular formula is C27H48N4OSi2. The van der Waals surface area contributed by atoms with Crippen LogP contribution in [0.3, 0.4) is 0 Å². The first kappa shape index (κ1) is 27.0. The maximum Gasteiger partial charge on any atom is 0.105 e. The highest BCUT2D eigenvalue weighted by Gasteiger charge is 2.25. The van der Waals surface area contributed by atoms with E-state index in [1.54, 1.807) is 0 Å². The molecule has 1 aliphatic heterocycles. The predicted octanol–water partition coefficient (Wildman–Crippen LogP) is 6.22. The quantitative estimate of drug-likeness (QED) is 0.213. The van der Waals surface area contributed by atoms with Crippen LogP contribution in [-0.2, 0) is 24.1 Å². The molecule has 5 nitrogen and oxygen atoms in total. The number of benzene rings is 1. The summed E-state index contributed by atoms with van der Waals surface area (Å²) in [4.78, 5) is 6.83. The van der Waals surface area contributed by atoms with Crippen LogP contribution in [0.15, 0.2) is 24.5 Å². The molecule has 1 aliphatic rings. The second-order valence-electron chi connectivity index (χ2n) is 12.5. The predicted molar refractivity (Wildman–Crippen MR) is 153 cm³/mol. The maximum absolute atomic E-state index is 6.75. The molecule has 0 aliphatic carbocycles. The Morgan fingerprint density at radius 3 is 2.18 bits per heavy atom. The van der Waals surface area contributed by atoms with E-state index in [-0.39, 0.29) is 0 Å². The van der Waals surface area contributed by atoms with E-state index in [0.29, 0.717) is 6.10 Å². The zero-order valence-corrected chi connectivity index (χ0v) is 24.8. The molecule has 0 spiro atoms. The summed E-state index contributed by atoms with van der Waals surface area (Å²) < 4.78 is 8.47. The molecule has 0 saturated carbocycles. The largest absolute Gasteiger partial charge is 0.398 e. The number of anilines is 2. The number of imidazole rings is 1. The molecule has 1 aromatic carbocycles. The van der Waals surface area contributed by atoms with E-state index in [2.05, 4.69) is 72.8 Å². The van der Waals surface area contributed by atoms with Crippen molar-refractivity contribution in [2.24, 2.45) is 0 Å². The minimum atomic E-state index is -1.12. The monoisotopic (exact) mass is 500 g/mol. The van der Waals surface area contributed by atoms with Crippen LogP contribution >= 0.6 is 0 Å². The van der Waals surface area contributed by atoms with Gasteiger partial charge in [-0.1, -0.05) is 51.4 Å². The molecule has 1 aromatic heterocycles. The van der Waals surface area contributed by atoms with Crippen LogP contribution in [0.25, 0.3) is 0 Å². The van der Waals surface area contributed by atoms with Crippen LogP contribution in [0.1, 0.15) is 29.8 Å². The van der Waals surface area contributed by atoms with Crippen LogP contribution in [0.2, 0.25) is 51.4 Å². The molecule has 1 atom stereocenters. The zero-order valence-electron chi connectivity index (χ0n) is 22.8. The van der Waals surface area contributed by atoms with Crippen molar-refractivity contribution in [3.63, 3.8) is 0 Å². The Morgan fingerprint density at radius 1 is 1.03 bits per heavy atom. The van der Waals surface area contributed by atoms with Crippen LogP contribution in [0.4, 0.5) is 11.4 Å². The van der Waals surface area contributed by atoms with Gasteiger partial charge in [-0.15, -0.1) is 0 Å². The topological polar surface area (TPSA) is 56.3 Å². The highest BCUT2D eigenvalue weighted by molar-refractivity contribution is 6.76. The number of rotatable bonds is 12. The van der Waals surface area contributed by atoms with Crippen molar-refractivity contribution >= 4 is 27.5 Å².